The van der Waals surface area contributed by atoms with E-state index in [1.54, 1.807) is 24.3 Å². The second kappa shape index (κ2) is 8.74. The van der Waals surface area contributed by atoms with Crippen LogP contribution < -0.4 is 11.2 Å². The predicted molar refractivity (Wildman–Crippen MR) is 123 cm³/mol. The molecule has 0 radical (unpaired) electrons. The highest BCUT2D eigenvalue weighted by atomic mass is 35.5. The molecule has 6 heteroatoms. The van der Waals surface area contributed by atoms with Gasteiger partial charge >= 0.3 is 5.69 Å². The molecule has 0 fully saturated rings. The number of carbonyl (C=O) groups is 1. The molecule has 1 aromatic heterocycles. The number of carbonyl (C=O) groups excluding carboxylic acids is 1. The van der Waals surface area contributed by atoms with Gasteiger partial charge in [-0.05, 0) is 47.0 Å². The lowest BCUT2D eigenvalue weighted by Gasteiger charge is -2.16. The van der Waals surface area contributed by atoms with Crippen LogP contribution in [0.3, 0.4) is 0 Å². The van der Waals surface area contributed by atoms with Crippen molar-refractivity contribution in [3.8, 4) is 0 Å². The Kier molecular flexibility index (Phi) is 5.87. The first-order valence-electron chi connectivity index (χ1n) is 10.1. The van der Waals surface area contributed by atoms with Gasteiger partial charge in [0.25, 0.3) is 5.56 Å². The Labute approximate surface area is 183 Å². The molecular weight excluding hydrogens is 412 g/mol. The number of nitrogens with zero attached hydrogens (tertiary/aromatic N) is 1. The molecule has 4 aromatic rings. The first-order valence-corrected chi connectivity index (χ1v) is 10.5. The minimum atomic E-state index is -0.583. The fourth-order valence-corrected chi connectivity index (χ4v) is 3.93. The van der Waals surface area contributed by atoms with Gasteiger partial charge in [0.2, 0.25) is 0 Å². The largest absolute Gasteiger partial charge is 0.328 e. The van der Waals surface area contributed by atoms with Crippen molar-refractivity contribution in [2.24, 2.45) is 0 Å². The van der Waals surface area contributed by atoms with E-state index in [2.05, 4.69) is 4.98 Å². The van der Waals surface area contributed by atoms with E-state index in [1.807, 2.05) is 49.4 Å². The molecule has 0 bridgehead atoms. The van der Waals surface area contributed by atoms with Crippen LogP contribution in [-0.4, -0.2) is 15.3 Å². The molecule has 0 saturated carbocycles. The Morgan fingerprint density at radius 2 is 1.68 bits per heavy atom. The van der Waals surface area contributed by atoms with Crippen molar-refractivity contribution in [2.75, 3.05) is 0 Å². The summed E-state index contributed by atoms with van der Waals surface area (Å²) in [4.78, 5) is 40.4. The molecule has 0 amide bonds. The first-order chi connectivity index (χ1) is 15.0. The van der Waals surface area contributed by atoms with Gasteiger partial charge in [-0.25, -0.2) is 4.79 Å². The summed E-state index contributed by atoms with van der Waals surface area (Å²) in [6.07, 6.45) is 0.828. The molecule has 0 unspecified atom stereocenters. The van der Waals surface area contributed by atoms with Crippen molar-refractivity contribution in [1.82, 2.24) is 9.55 Å². The summed E-state index contributed by atoms with van der Waals surface area (Å²) in [6.45, 7) is 1.71. The third-order valence-electron chi connectivity index (χ3n) is 5.42. The van der Waals surface area contributed by atoms with Crippen LogP contribution in [0.1, 0.15) is 34.1 Å². The van der Waals surface area contributed by atoms with Crippen molar-refractivity contribution >= 4 is 28.2 Å². The number of Topliss-reactive ketones (excluding diaryl/α,β-unsaturated/α-hetero) is 1. The SMILES string of the molecule is CCc1c(Cc2ccc3ccccc3c2)n(CC(=O)c2ccc(Cl)cc2)c(=O)[nH]c1=O. The average molecular weight is 433 g/mol. The summed E-state index contributed by atoms with van der Waals surface area (Å²) < 4.78 is 1.38. The van der Waals surface area contributed by atoms with Gasteiger partial charge in [0.15, 0.2) is 5.78 Å². The molecular formula is C25H21ClN2O3. The maximum atomic E-state index is 12.8. The first kappa shape index (κ1) is 20.8. The lowest BCUT2D eigenvalue weighted by Crippen LogP contribution is -2.37. The molecule has 1 N–H and O–H groups in total. The number of fused-ring (bicyclic) bond motifs is 1. The van der Waals surface area contributed by atoms with Gasteiger partial charge in [0.05, 0.1) is 6.54 Å². The maximum absolute atomic E-state index is 12.8. The fourth-order valence-electron chi connectivity index (χ4n) is 3.80. The minimum Gasteiger partial charge on any atom is -0.292 e. The summed E-state index contributed by atoms with van der Waals surface area (Å²) in [6, 6.07) is 20.6. The van der Waals surface area contributed by atoms with Crippen LogP contribution in [-0.2, 0) is 19.4 Å². The third kappa shape index (κ3) is 4.37. The number of aromatic nitrogens is 2. The van der Waals surface area contributed by atoms with Gasteiger partial charge < -0.3 is 0 Å². The zero-order valence-electron chi connectivity index (χ0n) is 17.0. The van der Waals surface area contributed by atoms with Crippen LogP contribution in [0.5, 0.6) is 0 Å². The van der Waals surface area contributed by atoms with E-state index < -0.39 is 11.2 Å². The van der Waals surface area contributed by atoms with Crippen LogP contribution in [0.2, 0.25) is 5.02 Å². The zero-order chi connectivity index (χ0) is 22.0. The van der Waals surface area contributed by atoms with E-state index >= 15 is 0 Å². The lowest BCUT2D eigenvalue weighted by molar-refractivity contribution is 0.0969. The zero-order valence-corrected chi connectivity index (χ0v) is 17.8. The van der Waals surface area contributed by atoms with Gasteiger partial charge in [-0.1, -0.05) is 61.0 Å². The average Bonchev–Trinajstić information content (AvgIpc) is 2.76. The molecule has 0 saturated heterocycles. The molecule has 0 aliphatic heterocycles. The van der Waals surface area contributed by atoms with Gasteiger partial charge in [-0.2, -0.15) is 0 Å². The number of ketones is 1. The van der Waals surface area contributed by atoms with Crippen molar-refractivity contribution < 1.29 is 4.79 Å². The van der Waals surface area contributed by atoms with Crippen LogP contribution in [0.15, 0.2) is 76.3 Å². The Morgan fingerprint density at radius 3 is 2.39 bits per heavy atom. The number of nitrogens with one attached hydrogen (secondary N) is 1. The highest BCUT2D eigenvalue weighted by Crippen LogP contribution is 2.19. The molecule has 31 heavy (non-hydrogen) atoms. The van der Waals surface area contributed by atoms with Gasteiger partial charge in [-0.3, -0.25) is 19.1 Å². The summed E-state index contributed by atoms with van der Waals surface area (Å²) in [7, 11) is 0. The smallest absolute Gasteiger partial charge is 0.292 e. The highest BCUT2D eigenvalue weighted by Gasteiger charge is 2.17. The summed E-state index contributed by atoms with van der Waals surface area (Å²) >= 11 is 5.91. The van der Waals surface area contributed by atoms with Crippen molar-refractivity contribution in [3.05, 3.63) is 115 Å². The van der Waals surface area contributed by atoms with Crippen molar-refractivity contribution in [2.45, 2.75) is 26.3 Å². The van der Waals surface area contributed by atoms with Gasteiger partial charge in [0.1, 0.15) is 0 Å². The predicted octanol–water partition coefficient (Wildman–Crippen LogP) is 4.38. The monoisotopic (exact) mass is 432 g/mol. The Bertz CT molecular complexity index is 1380. The van der Waals surface area contributed by atoms with Crippen LogP contribution in [0.25, 0.3) is 10.8 Å². The molecule has 3 aromatic carbocycles. The van der Waals surface area contributed by atoms with E-state index in [0.717, 1.165) is 16.3 Å². The molecule has 1 heterocycles. The Hall–Kier alpha value is -3.44. The van der Waals surface area contributed by atoms with E-state index in [1.165, 1.54) is 4.57 Å². The molecule has 0 aliphatic rings. The number of rotatable bonds is 6. The van der Waals surface area contributed by atoms with Crippen molar-refractivity contribution in [1.29, 1.82) is 0 Å². The number of hydrogen-bond donors (Lipinski definition) is 1. The Balaban J connectivity index is 1.77. The topological polar surface area (TPSA) is 71.9 Å². The highest BCUT2D eigenvalue weighted by molar-refractivity contribution is 6.30. The van der Waals surface area contributed by atoms with Gasteiger partial charge in [0, 0.05) is 28.3 Å². The summed E-state index contributed by atoms with van der Waals surface area (Å²) in [5, 5.41) is 2.72. The third-order valence-corrected chi connectivity index (χ3v) is 5.67. The quantitative estimate of drug-likeness (QED) is 0.459. The second-order valence-corrected chi connectivity index (χ2v) is 7.85. The van der Waals surface area contributed by atoms with E-state index in [-0.39, 0.29) is 12.3 Å². The Morgan fingerprint density at radius 1 is 0.968 bits per heavy atom. The van der Waals surface area contributed by atoms with E-state index in [0.29, 0.717) is 34.7 Å². The molecule has 0 aliphatic carbocycles. The second-order valence-electron chi connectivity index (χ2n) is 7.41. The molecule has 4 rings (SSSR count). The molecule has 0 atom stereocenters. The summed E-state index contributed by atoms with van der Waals surface area (Å²) in [5.74, 6) is -0.229. The fraction of sp³-hybridized carbons (Fsp3) is 0.160. The van der Waals surface area contributed by atoms with Gasteiger partial charge in [-0.15, -0.1) is 0 Å². The van der Waals surface area contributed by atoms with E-state index in [4.69, 9.17) is 11.6 Å². The minimum absolute atomic E-state index is 0.160. The van der Waals surface area contributed by atoms with Crippen LogP contribution in [0.4, 0.5) is 0 Å². The maximum Gasteiger partial charge on any atom is 0.328 e. The lowest BCUT2D eigenvalue weighted by atomic mass is 10.0. The number of halogens is 1. The normalized spacial score (nSPS) is 11.0. The van der Waals surface area contributed by atoms with E-state index in [9.17, 15) is 14.4 Å². The number of aromatic amines is 1. The molecule has 0 spiro atoms. The van der Waals surface area contributed by atoms with Crippen LogP contribution >= 0.6 is 11.6 Å². The summed E-state index contributed by atoms with van der Waals surface area (Å²) in [5.41, 5.74) is 1.51. The van der Waals surface area contributed by atoms with Crippen LogP contribution in [0, 0.1) is 0 Å². The molecule has 156 valence electrons. The number of benzene rings is 3. The molecule has 5 nitrogen and oxygen atoms in total. The number of H-pyrrole nitrogens is 1. The number of hydrogen-bond acceptors (Lipinski definition) is 3. The standard InChI is InChI=1S/C25H21ClN2O3/c1-2-21-22(14-16-7-8-17-5-3-4-6-19(17)13-16)28(25(31)27-24(21)30)15-23(29)18-9-11-20(26)12-10-18/h3-13H,2,14-15H2,1H3,(H,27,30,31). The van der Waals surface area contributed by atoms with Crippen molar-refractivity contribution in [3.63, 3.8) is 0 Å².